The van der Waals surface area contributed by atoms with Crippen molar-refractivity contribution in [1.29, 1.82) is 0 Å². The van der Waals surface area contributed by atoms with Crippen molar-refractivity contribution < 1.29 is 9.13 Å². The maximum Gasteiger partial charge on any atom is 0.128 e. The van der Waals surface area contributed by atoms with Crippen LogP contribution in [-0.4, -0.2) is 12.1 Å². The molecule has 1 aromatic carbocycles. The van der Waals surface area contributed by atoms with Gasteiger partial charge in [-0.15, -0.1) is 0 Å². The minimum atomic E-state index is -0.202. The van der Waals surface area contributed by atoms with Gasteiger partial charge in [-0.1, -0.05) is 32.0 Å². The molecule has 2 N–H and O–H groups in total. The van der Waals surface area contributed by atoms with Gasteiger partial charge in [0.2, 0.25) is 0 Å². The van der Waals surface area contributed by atoms with E-state index in [0.29, 0.717) is 24.0 Å². The van der Waals surface area contributed by atoms with E-state index in [9.17, 15) is 4.39 Å². The lowest BCUT2D eigenvalue weighted by Crippen LogP contribution is -2.43. The molecular weight excluding hydrogens is 241 g/mol. The molecule has 1 aliphatic carbocycles. The molecular formula is C16H24FNO. The quantitative estimate of drug-likeness (QED) is 0.904. The van der Waals surface area contributed by atoms with Crippen molar-refractivity contribution in [3.63, 3.8) is 0 Å². The fourth-order valence-corrected chi connectivity index (χ4v) is 2.79. The summed E-state index contributed by atoms with van der Waals surface area (Å²) in [6.07, 6.45) is 3.23. The maximum atomic E-state index is 13.5. The molecule has 0 amide bonds. The van der Waals surface area contributed by atoms with E-state index in [1.165, 1.54) is 12.5 Å². The molecule has 0 aromatic heterocycles. The first kappa shape index (κ1) is 14.5. The fraction of sp³-hybridized carbons (Fsp3) is 0.625. The summed E-state index contributed by atoms with van der Waals surface area (Å²) in [6.45, 7) is 4.81. The third-order valence-electron chi connectivity index (χ3n) is 4.24. The summed E-state index contributed by atoms with van der Waals surface area (Å²) in [4.78, 5) is 0. The van der Waals surface area contributed by atoms with E-state index < -0.39 is 0 Å². The molecule has 1 fully saturated rings. The Morgan fingerprint density at radius 1 is 1.32 bits per heavy atom. The van der Waals surface area contributed by atoms with Crippen molar-refractivity contribution in [1.82, 2.24) is 0 Å². The SMILES string of the molecule is CC(C)C1CCC(N)C(OCc2ccccc2F)C1. The van der Waals surface area contributed by atoms with Gasteiger partial charge in [0.05, 0.1) is 12.7 Å². The van der Waals surface area contributed by atoms with E-state index in [2.05, 4.69) is 13.8 Å². The highest BCUT2D eigenvalue weighted by atomic mass is 19.1. The molecule has 2 rings (SSSR count). The lowest BCUT2D eigenvalue weighted by molar-refractivity contribution is -0.0179. The van der Waals surface area contributed by atoms with Crippen LogP contribution in [0.25, 0.3) is 0 Å². The van der Waals surface area contributed by atoms with E-state index in [0.717, 1.165) is 12.8 Å². The van der Waals surface area contributed by atoms with Crippen LogP contribution >= 0.6 is 0 Å². The Hall–Kier alpha value is -0.930. The van der Waals surface area contributed by atoms with Gasteiger partial charge in [-0.2, -0.15) is 0 Å². The highest BCUT2D eigenvalue weighted by Gasteiger charge is 2.30. The number of hydrogen-bond acceptors (Lipinski definition) is 2. The van der Waals surface area contributed by atoms with Crippen molar-refractivity contribution in [2.24, 2.45) is 17.6 Å². The highest BCUT2D eigenvalue weighted by Crippen LogP contribution is 2.31. The van der Waals surface area contributed by atoms with Crippen LogP contribution in [0.15, 0.2) is 24.3 Å². The molecule has 0 saturated heterocycles. The first-order valence-electron chi connectivity index (χ1n) is 7.18. The molecule has 1 aliphatic rings. The number of rotatable bonds is 4. The van der Waals surface area contributed by atoms with Gasteiger partial charge in [0.15, 0.2) is 0 Å². The number of hydrogen-bond donors (Lipinski definition) is 1. The highest BCUT2D eigenvalue weighted by molar-refractivity contribution is 5.16. The van der Waals surface area contributed by atoms with Crippen molar-refractivity contribution >= 4 is 0 Å². The minimum absolute atomic E-state index is 0.0563. The molecule has 0 radical (unpaired) electrons. The Balaban J connectivity index is 1.92. The normalized spacial score (nSPS) is 27.7. The van der Waals surface area contributed by atoms with E-state index in [4.69, 9.17) is 10.5 Å². The summed E-state index contributed by atoms with van der Waals surface area (Å²) in [7, 11) is 0. The molecule has 1 saturated carbocycles. The van der Waals surface area contributed by atoms with Crippen molar-refractivity contribution in [2.45, 2.75) is 51.9 Å². The topological polar surface area (TPSA) is 35.2 Å². The van der Waals surface area contributed by atoms with Gasteiger partial charge in [0.1, 0.15) is 5.82 Å². The second-order valence-corrected chi connectivity index (χ2v) is 5.92. The maximum absolute atomic E-state index is 13.5. The Labute approximate surface area is 115 Å². The summed E-state index contributed by atoms with van der Waals surface area (Å²) in [5, 5.41) is 0. The van der Waals surface area contributed by atoms with Crippen molar-refractivity contribution in [2.75, 3.05) is 0 Å². The summed E-state index contributed by atoms with van der Waals surface area (Å²) in [5.74, 6) is 1.13. The summed E-state index contributed by atoms with van der Waals surface area (Å²) in [6, 6.07) is 6.85. The lowest BCUT2D eigenvalue weighted by Gasteiger charge is -2.35. The third kappa shape index (κ3) is 3.77. The van der Waals surface area contributed by atoms with Gasteiger partial charge in [-0.05, 0) is 37.2 Å². The molecule has 19 heavy (non-hydrogen) atoms. The van der Waals surface area contributed by atoms with Crippen LogP contribution < -0.4 is 5.73 Å². The van der Waals surface area contributed by atoms with Gasteiger partial charge in [0, 0.05) is 11.6 Å². The molecule has 106 valence electrons. The molecule has 0 bridgehead atoms. The zero-order chi connectivity index (χ0) is 13.8. The predicted molar refractivity (Wildman–Crippen MR) is 75.1 cm³/mol. The largest absolute Gasteiger partial charge is 0.372 e. The fourth-order valence-electron chi connectivity index (χ4n) is 2.79. The van der Waals surface area contributed by atoms with E-state index in [-0.39, 0.29) is 18.0 Å². The molecule has 3 atom stereocenters. The van der Waals surface area contributed by atoms with E-state index in [1.54, 1.807) is 12.1 Å². The standard InChI is InChI=1S/C16H24FNO/c1-11(2)12-7-8-15(18)16(9-12)19-10-13-5-3-4-6-14(13)17/h3-6,11-12,15-16H,7-10,18H2,1-2H3. The van der Waals surface area contributed by atoms with Crippen LogP contribution in [0.1, 0.15) is 38.7 Å². The monoisotopic (exact) mass is 265 g/mol. The average molecular weight is 265 g/mol. The Morgan fingerprint density at radius 3 is 2.74 bits per heavy atom. The first-order valence-corrected chi connectivity index (χ1v) is 7.18. The smallest absolute Gasteiger partial charge is 0.128 e. The summed E-state index contributed by atoms with van der Waals surface area (Å²) in [5.41, 5.74) is 6.74. The van der Waals surface area contributed by atoms with Crippen molar-refractivity contribution in [3.8, 4) is 0 Å². The van der Waals surface area contributed by atoms with Crippen LogP contribution in [0.5, 0.6) is 0 Å². The zero-order valence-corrected chi connectivity index (χ0v) is 11.8. The van der Waals surface area contributed by atoms with Crippen LogP contribution in [0.3, 0.4) is 0 Å². The number of ether oxygens (including phenoxy) is 1. The van der Waals surface area contributed by atoms with Crippen LogP contribution in [0.2, 0.25) is 0 Å². The molecule has 0 aliphatic heterocycles. The lowest BCUT2D eigenvalue weighted by atomic mass is 9.78. The van der Waals surface area contributed by atoms with Gasteiger partial charge in [-0.3, -0.25) is 0 Å². The predicted octanol–water partition coefficient (Wildman–Crippen LogP) is 3.49. The number of halogens is 1. The molecule has 0 heterocycles. The third-order valence-corrected chi connectivity index (χ3v) is 4.24. The molecule has 3 unspecified atom stereocenters. The molecule has 0 spiro atoms. The molecule has 2 nitrogen and oxygen atoms in total. The Kier molecular flexibility index (Phi) is 4.94. The molecule has 1 aromatic rings. The van der Waals surface area contributed by atoms with E-state index in [1.807, 2.05) is 6.07 Å². The average Bonchev–Trinajstić information content (AvgIpc) is 2.39. The molecule has 3 heteroatoms. The van der Waals surface area contributed by atoms with E-state index >= 15 is 0 Å². The van der Waals surface area contributed by atoms with Gasteiger partial charge in [0.25, 0.3) is 0 Å². The van der Waals surface area contributed by atoms with Crippen molar-refractivity contribution in [3.05, 3.63) is 35.6 Å². The van der Waals surface area contributed by atoms with Crippen LogP contribution in [-0.2, 0) is 11.3 Å². The second-order valence-electron chi connectivity index (χ2n) is 5.92. The van der Waals surface area contributed by atoms with Crippen LogP contribution in [0.4, 0.5) is 4.39 Å². The first-order chi connectivity index (χ1) is 9.08. The summed E-state index contributed by atoms with van der Waals surface area (Å²) < 4.78 is 19.4. The van der Waals surface area contributed by atoms with Gasteiger partial charge in [-0.25, -0.2) is 4.39 Å². The summed E-state index contributed by atoms with van der Waals surface area (Å²) >= 11 is 0. The van der Waals surface area contributed by atoms with Gasteiger partial charge < -0.3 is 10.5 Å². The van der Waals surface area contributed by atoms with Gasteiger partial charge >= 0.3 is 0 Å². The Bertz CT molecular complexity index is 407. The minimum Gasteiger partial charge on any atom is -0.372 e. The second kappa shape index (κ2) is 6.49. The number of nitrogens with two attached hydrogens (primary N) is 1. The zero-order valence-electron chi connectivity index (χ0n) is 11.8. The number of benzene rings is 1. The Morgan fingerprint density at radius 2 is 2.05 bits per heavy atom. The van der Waals surface area contributed by atoms with Crippen LogP contribution in [0, 0.1) is 17.7 Å².